The van der Waals surface area contributed by atoms with Crippen LogP contribution in [0.4, 0.5) is 4.39 Å². The second kappa shape index (κ2) is 13.0. The van der Waals surface area contributed by atoms with Crippen LogP contribution in [-0.4, -0.2) is 68.4 Å². The molecular formula is C32H36FN3O4S. The molecule has 5 rings (SSSR count). The largest absolute Gasteiger partial charge is 0.340 e. The number of sulfone groups is 1. The molecule has 3 aromatic carbocycles. The highest BCUT2D eigenvalue weighted by atomic mass is 32.2. The quantitative estimate of drug-likeness (QED) is 0.334. The van der Waals surface area contributed by atoms with Crippen LogP contribution in [0.5, 0.6) is 0 Å². The van der Waals surface area contributed by atoms with E-state index >= 15 is 0 Å². The third-order valence-electron chi connectivity index (χ3n) is 7.93. The zero-order valence-electron chi connectivity index (χ0n) is 23.0. The van der Waals surface area contributed by atoms with Gasteiger partial charge in [-0.1, -0.05) is 54.6 Å². The molecule has 1 heterocycles. The summed E-state index contributed by atoms with van der Waals surface area (Å²) in [6.07, 6.45) is 3.02. The van der Waals surface area contributed by atoms with E-state index in [1.54, 1.807) is 17.0 Å². The third kappa shape index (κ3) is 7.80. The molecular weight excluding hydrogens is 541 g/mol. The molecule has 1 saturated carbocycles. The van der Waals surface area contributed by atoms with Crippen molar-refractivity contribution in [3.63, 3.8) is 0 Å². The number of rotatable bonds is 11. The number of unbranched alkanes of at least 4 members (excludes halogenated alkanes) is 1. The van der Waals surface area contributed by atoms with Gasteiger partial charge in [0.15, 0.2) is 9.84 Å². The van der Waals surface area contributed by atoms with Gasteiger partial charge in [-0.05, 0) is 73.2 Å². The molecule has 1 saturated heterocycles. The van der Waals surface area contributed by atoms with Gasteiger partial charge in [0.05, 0.1) is 11.5 Å². The van der Waals surface area contributed by atoms with Gasteiger partial charge in [-0.15, -0.1) is 0 Å². The van der Waals surface area contributed by atoms with E-state index in [0.717, 1.165) is 42.5 Å². The van der Waals surface area contributed by atoms with Crippen LogP contribution in [0.3, 0.4) is 0 Å². The molecule has 2 N–H and O–H groups in total. The Morgan fingerprint density at radius 2 is 1.54 bits per heavy atom. The lowest BCUT2D eigenvalue weighted by atomic mass is 10.0. The number of halogens is 1. The summed E-state index contributed by atoms with van der Waals surface area (Å²) in [7, 11) is -3.13. The fraction of sp³-hybridized carbons (Fsp3) is 0.375. The number of carbonyl (C=O) groups excluding carboxylic acids is 2. The third-order valence-corrected chi connectivity index (χ3v) is 9.54. The van der Waals surface area contributed by atoms with Crippen LogP contribution in [0.15, 0.2) is 78.9 Å². The molecule has 41 heavy (non-hydrogen) atoms. The summed E-state index contributed by atoms with van der Waals surface area (Å²) in [5.41, 5.74) is 3.65. The summed E-state index contributed by atoms with van der Waals surface area (Å²) in [6, 6.07) is 23.5. The molecule has 2 fully saturated rings. The zero-order valence-corrected chi connectivity index (χ0v) is 23.8. The van der Waals surface area contributed by atoms with E-state index in [4.69, 9.17) is 0 Å². The zero-order chi connectivity index (χ0) is 28.8. The Balaban J connectivity index is 1.15. The van der Waals surface area contributed by atoms with Crippen molar-refractivity contribution in [3.05, 3.63) is 95.8 Å². The lowest BCUT2D eigenvalue weighted by molar-refractivity contribution is -0.133. The topological polar surface area (TPSA) is 95.6 Å². The molecule has 0 bridgehead atoms. The Morgan fingerprint density at radius 3 is 2.22 bits per heavy atom. The maximum Gasteiger partial charge on any atom is 0.251 e. The van der Waals surface area contributed by atoms with E-state index in [2.05, 4.69) is 10.6 Å². The molecule has 1 unspecified atom stereocenters. The van der Waals surface area contributed by atoms with E-state index in [9.17, 15) is 22.4 Å². The monoisotopic (exact) mass is 577 g/mol. The maximum atomic E-state index is 13.4. The number of hydrogen-bond donors (Lipinski definition) is 2. The van der Waals surface area contributed by atoms with Crippen LogP contribution in [0.2, 0.25) is 0 Å². The van der Waals surface area contributed by atoms with Crippen LogP contribution < -0.4 is 10.6 Å². The summed E-state index contributed by atoms with van der Waals surface area (Å²) < 4.78 is 37.0. The predicted octanol–water partition coefficient (Wildman–Crippen LogP) is 4.16. The number of nitrogens with zero attached hydrogens (tertiary/aromatic N) is 1. The van der Waals surface area contributed by atoms with E-state index in [1.807, 2.05) is 54.6 Å². The molecule has 3 atom stereocenters. The molecule has 216 valence electrons. The fourth-order valence-corrected chi connectivity index (χ4v) is 6.56. The van der Waals surface area contributed by atoms with Crippen LogP contribution in [0.25, 0.3) is 11.1 Å². The van der Waals surface area contributed by atoms with Crippen LogP contribution in [0, 0.1) is 5.82 Å². The summed E-state index contributed by atoms with van der Waals surface area (Å²) in [5, 5.41) is 6.46. The summed E-state index contributed by atoms with van der Waals surface area (Å²) in [4.78, 5) is 28.1. The minimum atomic E-state index is -3.13. The average Bonchev–Trinajstić information content (AvgIpc) is 3.76. The number of hydrogen-bond acceptors (Lipinski definition) is 5. The van der Waals surface area contributed by atoms with Gasteiger partial charge < -0.3 is 15.5 Å². The predicted molar refractivity (Wildman–Crippen MR) is 158 cm³/mol. The first-order chi connectivity index (χ1) is 19.8. The average molecular weight is 578 g/mol. The number of benzene rings is 3. The van der Waals surface area contributed by atoms with Gasteiger partial charge in [-0.2, -0.15) is 0 Å². The highest BCUT2D eigenvalue weighted by Crippen LogP contribution is 2.40. The van der Waals surface area contributed by atoms with Gasteiger partial charge in [-0.25, -0.2) is 12.8 Å². The fourth-order valence-electron chi connectivity index (χ4n) is 5.36. The van der Waals surface area contributed by atoms with Crippen molar-refractivity contribution in [2.75, 3.05) is 31.1 Å². The number of nitrogens with one attached hydrogen (secondary N) is 2. The van der Waals surface area contributed by atoms with Gasteiger partial charge in [0.2, 0.25) is 5.91 Å². The van der Waals surface area contributed by atoms with E-state index in [0.29, 0.717) is 23.9 Å². The Bertz CT molecular complexity index is 1430. The van der Waals surface area contributed by atoms with Gasteiger partial charge in [-0.3, -0.25) is 9.59 Å². The molecule has 2 amide bonds. The molecule has 2 aliphatic rings. The second-order valence-corrected chi connectivity index (χ2v) is 13.2. The Labute approximate surface area is 241 Å². The minimum absolute atomic E-state index is 0.0547. The van der Waals surface area contributed by atoms with Gasteiger partial charge in [0.25, 0.3) is 5.91 Å². The van der Waals surface area contributed by atoms with Crippen molar-refractivity contribution in [1.29, 1.82) is 0 Å². The first-order valence-corrected chi connectivity index (χ1v) is 16.1. The molecule has 0 radical (unpaired) electrons. The molecule has 0 aromatic heterocycles. The first kappa shape index (κ1) is 29.0. The Morgan fingerprint density at radius 1 is 0.878 bits per heavy atom. The molecule has 7 nitrogen and oxygen atoms in total. The Hall–Kier alpha value is -3.56. The lowest BCUT2D eigenvalue weighted by Gasteiger charge is -2.30. The number of amides is 2. The van der Waals surface area contributed by atoms with E-state index in [-0.39, 0.29) is 42.2 Å². The van der Waals surface area contributed by atoms with Crippen LogP contribution >= 0.6 is 0 Å². The smallest absolute Gasteiger partial charge is 0.251 e. The van der Waals surface area contributed by atoms with Crippen LogP contribution in [-0.2, 0) is 14.6 Å². The van der Waals surface area contributed by atoms with Crippen molar-refractivity contribution < 1.29 is 22.4 Å². The highest BCUT2D eigenvalue weighted by molar-refractivity contribution is 7.91. The lowest BCUT2D eigenvalue weighted by Crippen LogP contribution is -2.52. The molecule has 3 aromatic rings. The van der Waals surface area contributed by atoms with Crippen molar-refractivity contribution in [1.82, 2.24) is 15.5 Å². The van der Waals surface area contributed by atoms with Crippen molar-refractivity contribution in [2.24, 2.45) is 0 Å². The molecule has 9 heteroatoms. The Kier molecular flexibility index (Phi) is 9.15. The summed E-state index contributed by atoms with van der Waals surface area (Å²) in [5.74, 6) is -0.508. The van der Waals surface area contributed by atoms with Crippen molar-refractivity contribution in [2.45, 2.75) is 43.7 Å². The van der Waals surface area contributed by atoms with Crippen molar-refractivity contribution in [3.8, 4) is 11.1 Å². The first-order valence-electron chi connectivity index (χ1n) is 14.2. The van der Waals surface area contributed by atoms with Gasteiger partial charge in [0, 0.05) is 30.6 Å². The molecule has 1 aliphatic carbocycles. The minimum Gasteiger partial charge on any atom is -0.340 e. The number of carbonyl (C=O) groups is 2. The van der Waals surface area contributed by atoms with Gasteiger partial charge in [0.1, 0.15) is 11.9 Å². The second-order valence-electron chi connectivity index (χ2n) is 10.9. The van der Waals surface area contributed by atoms with E-state index < -0.39 is 15.9 Å². The van der Waals surface area contributed by atoms with Crippen molar-refractivity contribution >= 4 is 21.7 Å². The molecule has 0 spiro atoms. The van der Waals surface area contributed by atoms with Crippen LogP contribution in [0.1, 0.15) is 47.5 Å². The maximum absolute atomic E-state index is 13.4. The molecule has 1 aliphatic heterocycles. The van der Waals surface area contributed by atoms with Gasteiger partial charge >= 0.3 is 0 Å². The summed E-state index contributed by atoms with van der Waals surface area (Å²) >= 11 is 0. The van der Waals surface area contributed by atoms with E-state index in [1.165, 1.54) is 12.1 Å². The summed E-state index contributed by atoms with van der Waals surface area (Å²) in [6.45, 7) is 1.07. The standard InChI is InChI=1S/C32H36FN3O4S/c33-27-15-13-25(14-16-27)28-22-30(28)34-17-5-4-8-29(32(38)36-18-20-41(39,40)21-19-36)35-31(37)26-11-9-24(10-12-26)23-6-2-1-3-7-23/h1-3,6-7,9-16,28-30,34H,4-5,8,17-22H2,(H,35,37)/t28?,29-,30-/m0/s1. The SMILES string of the molecule is O=C(N[C@@H](CCCCN[C@H]1CC1c1ccc(F)cc1)C(=O)N1CCS(=O)(=O)CC1)c1ccc(-c2ccccc2)cc1. The normalized spacial score (nSPS) is 20.3. The highest BCUT2D eigenvalue weighted by Gasteiger charge is 2.37.